The van der Waals surface area contributed by atoms with Crippen molar-refractivity contribution in [3.8, 4) is 0 Å². The van der Waals surface area contributed by atoms with Gasteiger partial charge in [-0.25, -0.2) is 0 Å². The van der Waals surface area contributed by atoms with Crippen LogP contribution >= 0.6 is 0 Å². The van der Waals surface area contributed by atoms with E-state index in [1.807, 2.05) is 24.3 Å². The quantitative estimate of drug-likeness (QED) is 0.869. The van der Waals surface area contributed by atoms with Crippen LogP contribution in [0, 0.1) is 5.92 Å². The molecule has 3 heteroatoms. The molecule has 0 saturated carbocycles. The van der Waals surface area contributed by atoms with Crippen LogP contribution in [0.1, 0.15) is 31.2 Å². The van der Waals surface area contributed by atoms with Gasteiger partial charge < -0.3 is 10.2 Å². The van der Waals surface area contributed by atoms with Crippen molar-refractivity contribution in [2.75, 3.05) is 0 Å². The molecule has 20 heavy (non-hydrogen) atoms. The zero-order chi connectivity index (χ0) is 14.4. The Labute approximate surface area is 120 Å². The molecule has 1 aromatic carbocycles. The molecule has 1 aliphatic rings. The average Bonchev–Trinajstić information content (AvgIpc) is 2.47. The van der Waals surface area contributed by atoms with Crippen LogP contribution in [0.4, 0.5) is 0 Å². The second-order valence-corrected chi connectivity index (χ2v) is 5.53. The summed E-state index contributed by atoms with van der Waals surface area (Å²) in [6.07, 6.45) is 5.09. The van der Waals surface area contributed by atoms with Crippen LogP contribution in [0.2, 0.25) is 0 Å². The maximum atomic E-state index is 11.5. The summed E-state index contributed by atoms with van der Waals surface area (Å²) < 4.78 is 0. The number of aliphatic hydroxyl groups excluding tert-OH is 2. The number of rotatable bonds is 2. The molecule has 3 nitrogen and oxygen atoms in total. The van der Waals surface area contributed by atoms with Gasteiger partial charge in [-0.1, -0.05) is 36.4 Å². The van der Waals surface area contributed by atoms with E-state index in [-0.39, 0.29) is 5.78 Å². The highest BCUT2D eigenvalue weighted by Crippen LogP contribution is 2.22. The molecule has 0 bridgehead atoms. The minimum Gasteiger partial charge on any atom is -0.390 e. The van der Waals surface area contributed by atoms with E-state index < -0.39 is 12.2 Å². The lowest BCUT2D eigenvalue weighted by molar-refractivity contribution is -0.128. The van der Waals surface area contributed by atoms with Crippen molar-refractivity contribution in [3.63, 3.8) is 0 Å². The molecule has 0 aliphatic heterocycles. The minimum atomic E-state index is -1.28. The number of hydrogen-bond acceptors (Lipinski definition) is 3. The van der Waals surface area contributed by atoms with Crippen LogP contribution in [0.15, 0.2) is 42.5 Å². The van der Waals surface area contributed by atoms with Crippen molar-refractivity contribution in [1.29, 1.82) is 0 Å². The topological polar surface area (TPSA) is 57.5 Å². The zero-order valence-electron chi connectivity index (χ0n) is 11.6. The predicted molar refractivity (Wildman–Crippen MR) is 78.3 cm³/mol. The Balaban J connectivity index is 2.00. The fraction of sp³-hybridized carbons (Fsp3) is 0.471. The molecule has 2 rings (SSSR count). The van der Waals surface area contributed by atoms with E-state index in [0.717, 1.165) is 25.7 Å². The molecule has 0 amide bonds. The van der Waals surface area contributed by atoms with Gasteiger partial charge in [0.05, 0.1) is 6.10 Å². The summed E-state index contributed by atoms with van der Waals surface area (Å²) in [7, 11) is 0. The van der Waals surface area contributed by atoms with E-state index in [2.05, 4.69) is 12.1 Å². The smallest absolute Gasteiger partial charge is 0.186 e. The first-order valence-electron chi connectivity index (χ1n) is 7.27. The molecule has 0 radical (unpaired) electrons. The Morgan fingerprint density at radius 1 is 1.05 bits per heavy atom. The number of hydrogen-bond donors (Lipinski definition) is 2. The highest BCUT2D eigenvalue weighted by molar-refractivity contribution is 5.93. The van der Waals surface area contributed by atoms with Crippen LogP contribution in [0.3, 0.4) is 0 Å². The molecule has 0 spiro atoms. The van der Waals surface area contributed by atoms with Crippen LogP contribution in [-0.4, -0.2) is 28.2 Å². The van der Waals surface area contributed by atoms with Gasteiger partial charge in [0.2, 0.25) is 0 Å². The van der Waals surface area contributed by atoms with Gasteiger partial charge in [0.15, 0.2) is 5.78 Å². The largest absolute Gasteiger partial charge is 0.390 e. The molecule has 3 atom stereocenters. The average molecular weight is 274 g/mol. The molecule has 2 N–H and O–H groups in total. The first-order chi connectivity index (χ1) is 9.66. The van der Waals surface area contributed by atoms with Crippen molar-refractivity contribution in [2.45, 2.75) is 44.3 Å². The van der Waals surface area contributed by atoms with E-state index in [4.69, 9.17) is 0 Å². The minimum absolute atomic E-state index is 0.390. The van der Waals surface area contributed by atoms with E-state index in [1.165, 1.54) is 11.6 Å². The first kappa shape index (κ1) is 14.9. The summed E-state index contributed by atoms with van der Waals surface area (Å²) in [5, 5.41) is 19.5. The third kappa shape index (κ3) is 4.29. The third-order valence-electron chi connectivity index (χ3n) is 3.92. The van der Waals surface area contributed by atoms with Gasteiger partial charge in [0, 0.05) is 0 Å². The SMILES string of the molecule is O=C1/C=C/CCC(Cc2ccccc2)CCC(O)C1O. The lowest BCUT2D eigenvalue weighted by Crippen LogP contribution is -2.33. The van der Waals surface area contributed by atoms with Gasteiger partial charge in [-0.15, -0.1) is 0 Å². The Bertz CT molecular complexity index is 453. The summed E-state index contributed by atoms with van der Waals surface area (Å²) in [6, 6.07) is 10.3. The molecule has 0 saturated heterocycles. The molecule has 1 aromatic rings. The molecular formula is C17H22O3. The number of benzene rings is 1. The molecule has 3 unspecified atom stereocenters. The number of carbonyl (C=O) groups excluding carboxylic acids is 1. The van der Waals surface area contributed by atoms with Crippen molar-refractivity contribution >= 4 is 5.78 Å². The predicted octanol–water partition coefficient (Wildman–Crippen LogP) is 2.27. The molecule has 0 fully saturated rings. The monoisotopic (exact) mass is 274 g/mol. The standard InChI is InChI=1S/C17H22O3/c18-15-9-5-4-8-14(10-11-16(19)17(15)20)12-13-6-2-1-3-7-13/h1-3,5-7,9,14,16-17,19-20H,4,8,10-12H2/b9-5+. The highest BCUT2D eigenvalue weighted by atomic mass is 16.3. The Morgan fingerprint density at radius 3 is 2.55 bits per heavy atom. The third-order valence-corrected chi connectivity index (χ3v) is 3.92. The Morgan fingerprint density at radius 2 is 1.80 bits per heavy atom. The lowest BCUT2D eigenvalue weighted by Gasteiger charge is -2.21. The van der Waals surface area contributed by atoms with Crippen molar-refractivity contribution in [3.05, 3.63) is 48.0 Å². The summed E-state index contributed by atoms with van der Waals surface area (Å²) >= 11 is 0. The van der Waals surface area contributed by atoms with E-state index >= 15 is 0 Å². The number of carbonyl (C=O) groups is 1. The van der Waals surface area contributed by atoms with Crippen LogP contribution in [-0.2, 0) is 11.2 Å². The molecule has 0 aromatic heterocycles. The van der Waals surface area contributed by atoms with Crippen molar-refractivity contribution < 1.29 is 15.0 Å². The molecule has 1 aliphatic carbocycles. The van der Waals surface area contributed by atoms with Gasteiger partial charge in [-0.3, -0.25) is 4.79 Å². The van der Waals surface area contributed by atoms with Gasteiger partial charge in [-0.05, 0) is 49.7 Å². The summed E-state index contributed by atoms with van der Waals surface area (Å²) in [5.41, 5.74) is 1.30. The van der Waals surface area contributed by atoms with Crippen LogP contribution in [0.25, 0.3) is 0 Å². The molecule has 108 valence electrons. The lowest BCUT2D eigenvalue weighted by atomic mass is 9.87. The van der Waals surface area contributed by atoms with Gasteiger partial charge in [-0.2, -0.15) is 0 Å². The fourth-order valence-electron chi connectivity index (χ4n) is 2.68. The zero-order valence-corrected chi connectivity index (χ0v) is 11.6. The fourth-order valence-corrected chi connectivity index (χ4v) is 2.68. The highest BCUT2D eigenvalue weighted by Gasteiger charge is 2.24. The number of ketones is 1. The summed E-state index contributed by atoms with van der Waals surface area (Å²) in [5.74, 6) is 0.0797. The van der Waals surface area contributed by atoms with Gasteiger partial charge in [0.25, 0.3) is 0 Å². The summed E-state index contributed by atoms with van der Waals surface area (Å²) in [6.45, 7) is 0. The second-order valence-electron chi connectivity index (χ2n) is 5.53. The van der Waals surface area contributed by atoms with E-state index in [0.29, 0.717) is 12.3 Å². The Kier molecular flexibility index (Phi) is 5.50. The molecular weight excluding hydrogens is 252 g/mol. The number of aliphatic hydroxyl groups is 2. The maximum absolute atomic E-state index is 11.5. The van der Waals surface area contributed by atoms with Gasteiger partial charge >= 0.3 is 0 Å². The van der Waals surface area contributed by atoms with Crippen LogP contribution < -0.4 is 0 Å². The van der Waals surface area contributed by atoms with Crippen LogP contribution in [0.5, 0.6) is 0 Å². The van der Waals surface area contributed by atoms with Crippen molar-refractivity contribution in [2.24, 2.45) is 5.92 Å². The van der Waals surface area contributed by atoms with Crippen molar-refractivity contribution in [1.82, 2.24) is 0 Å². The summed E-state index contributed by atoms with van der Waals surface area (Å²) in [4.78, 5) is 11.5. The number of allylic oxidation sites excluding steroid dienone is 1. The second kappa shape index (κ2) is 7.36. The normalized spacial score (nSPS) is 29.9. The maximum Gasteiger partial charge on any atom is 0.186 e. The molecule has 0 heterocycles. The Hall–Kier alpha value is -1.45. The van der Waals surface area contributed by atoms with E-state index in [1.54, 1.807) is 0 Å². The van der Waals surface area contributed by atoms with E-state index in [9.17, 15) is 15.0 Å². The first-order valence-corrected chi connectivity index (χ1v) is 7.27. The van der Waals surface area contributed by atoms with Gasteiger partial charge in [0.1, 0.15) is 6.10 Å².